The Balaban J connectivity index is 2.70. The first-order chi connectivity index (χ1) is 8.06. The van der Waals surface area contributed by atoms with E-state index >= 15 is 0 Å². The molecule has 3 heteroatoms. The SMILES string of the molecule is CCCOc1ccc(C(=O)C(O)C(C)C)cc1. The van der Waals surface area contributed by atoms with E-state index in [-0.39, 0.29) is 11.7 Å². The second-order valence-electron chi connectivity index (χ2n) is 4.43. The summed E-state index contributed by atoms with van der Waals surface area (Å²) in [4.78, 5) is 11.8. The van der Waals surface area contributed by atoms with Crippen LogP contribution in [-0.2, 0) is 0 Å². The quantitative estimate of drug-likeness (QED) is 0.772. The van der Waals surface area contributed by atoms with Gasteiger partial charge in [0.1, 0.15) is 11.9 Å². The Bertz CT molecular complexity index is 354. The summed E-state index contributed by atoms with van der Waals surface area (Å²) in [5.74, 6) is 0.447. The van der Waals surface area contributed by atoms with Crippen molar-refractivity contribution in [2.45, 2.75) is 33.3 Å². The molecule has 0 fully saturated rings. The van der Waals surface area contributed by atoms with E-state index in [0.717, 1.165) is 12.2 Å². The van der Waals surface area contributed by atoms with Crippen LogP contribution in [0.25, 0.3) is 0 Å². The standard InChI is InChI=1S/C14H20O3/c1-4-9-17-12-7-5-11(6-8-12)14(16)13(15)10(2)3/h5-8,10,13,15H,4,9H2,1-3H3. The minimum Gasteiger partial charge on any atom is -0.494 e. The van der Waals surface area contributed by atoms with Gasteiger partial charge in [0, 0.05) is 5.56 Å². The summed E-state index contributed by atoms with van der Waals surface area (Å²) >= 11 is 0. The highest BCUT2D eigenvalue weighted by molar-refractivity contribution is 5.99. The zero-order chi connectivity index (χ0) is 12.8. The zero-order valence-electron chi connectivity index (χ0n) is 10.6. The van der Waals surface area contributed by atoms with Gasteiger partial charge in [0.25, 0.3) is 0 Å². The smallest absolute Gasteiger partial charge is 0.191 e. The van der Waals surface area contributed by atoms with E-state index in [1.54, 1.807) is 24.3 Å². The number of Topliss-reactive ketones (excluding diaryl/α,β-unsaturated/α-hetero) is 1. The lowest BCUT2D eigenvalue weighted by Gasteiger charge is -2.13. The van der Waals surface area contributed by atoms with Crippen LogP contribution >= 0.6 is 0 Å². The predicted molar refractivity (Wildman–Crippen MR) is 67.4 cm³/mol. The van der Waals surface area contributed by atoms with Gasteiger partial charge in [0.05, 0.1) is 6.61 Å². The molecule has 94 valence electrons. The van der Waals surface area contributed by atoms with Crippen molar-refractivity contribution in [2.75, 3.05) is 6.61 Å². The number of benzene rings is 1. The first kappa shape index (κ1) is 13.7. The van der Waals surface area contributed by atoms with Gasteiger partial charge in [0.15, 0.2) is 5.78 Å². The number of ketones is 1. The third-order valence-electron chi connectivity index (χ3n) is 2.51. The molecule has 0 radical (unpaired) electrons. The van der Waals surface area contributed by atoms with E-state index in [9.17, 15) is 9.90 Å². The summed E-state index contributed by atoms with van der Waals surface area (Å²) in [7, 11) is 0. The molecule has 0 spiro atoms. The molecule has 0 aliphatic heterocycles. The van der Waals surface area contributed by atoms with E-state index < -0.39 is 6.10 Å². The molecule has 0 aliphatic carbocycles. The van der Waals surface area contributed by atoms with Gasteiger partial charge < -0.3 is 9.84 Å². The molecule has 17 heavy (non-hydrogen) atoms. The van der Waals surface area contributed by atoms with Gasteiger partial charge in [-0.25, -0.2) is 0 Å². The summed E-state index contributed by atoms with van der Waals surface area (Å²) < 4.78 is 5.42. The van der Waals surface area contributed by atoms with Crippen molar-refractivity contribution in [1.29, 1.82) is 0 Å². The molecule has 0 saturated heterocycles. The number of rotatable bonds is 6. The van der Waals surface area contributed by atoms with E-state index in [1.807, 2.05) is 20.8 Å². The highest BCUT2D eigenvalue weighted by Crippen LogP contribution is 2.15. The molecule has 1 unspecified atom stereocenters. The Morgan fingerprint density at radius 1 is 1.29 bits per heavy atom. The Hall–Kier alpha value is -1.35. The molecule has 0 heterocycles. The summed E-state index contributed by atoms with van der Waals surface area (Å²) in [6.45, 7) is 6.35. The van der Waals surface area contributed by atoms with E-state index in [0.29, 0.717) is 12.2 Å². The van der Waals surface area contributed by atoms with Crippen LogP contribution in [-0.4, -0.2) is 23.6 Å². The molecule has 1 N–H and O–H groups in total. The van der Waals surface area contributed by atoms with Crippen molar-refractivity contribution >= 4 is 5.78 Å². The van der Waals surface area contributed by atoms with Crippen molar-refractivity contribution in [1.82, 2.24) is 0 Å². The third-order valence-corrected chi connectivity index (χ3v) is 2.51. The lowest BCUT2D eigenvalue weighted by atomic mass is 9.98. The normalized spacial score (nSPS) is 12.5. The maximum atomic E-state index is 11.8. The molecule has 0 saturated carbocycles. The fourth-order valence-corrected chi connectivity index (χ4v) is 1.41. The van der Waals surface area contributed by atoms with Crippen molar-refractivity contribution in [3.63, 3.8) is 0 Å². The number of hydrogen-bond acceptors (Lipinski definition) is 3. The van der Waals surface area contributed by atoms with E-state index in [1.165, 1.54) is 0 Å². The largest absolute Gasteiger partial charge is 0.494 e. The molecule has 0 bridgehead atoms. The summed E-state index contributed by atoms with van der Waals surface area (Å²) in [6, 6.07) is 6.91. The molecule has 0 amide bonds. The lowest BCUT2D eigenvalue weighted by molar-refractivity contribution is 0.0648. The maximum Gasteiger partial charge on any atom is 0.191 e. The molecule has 0 aliphatic rings. The average Bonchev–Trinajstić information content (AvgIpc) is 2.35. The van der Waals surface area contributed by atoms with Crippen LogP contribution in [0.4, 0.5) is 0 Å². The number of carbonyl (C=O) groups excluding carboxylic acids is 1. The number of aliphatic hydroxyl groups is 1. The third kappa shape index (κ3) is 3.86. The molecular formula is C14H20O3. The Morgan fingerprint density at radius 3 is 2.35 bits per heavy atom. The molecule has 1 atom stereocenters. The molecule has 1 rings (SSSR count). The minimum absolute atomic E-state index is 0.0708. The average molecular weight is 236 g/mol. The fourth-order valence-electron chi connectivity index (χ4n) is 1.41. The van der Waals surface area contributed by atoms with Gasteiger partial charge in [-0.2, -0.15) is 0 Å². The lowest BCUT2D eigenvalue weighted by Crippen LogP contribution is -2.26. The Morgan fingerprint density at radius 2 is 1.88 bits per heavy atom. The Kier molecular flexibility index (Phi) is 5.16. The van der Waals surface area contributed by atoms with Crippen LogP contribution in [0.1, 0.15) is 37.6 Å². The number of aliphatic hydroxyl groups excluding tert-OH is 1. The predicted octanol–water partition coefficient (Wildman–Crippen LogP) is 2.68. The van der Waals surface area contributed by atoms with Crippen LogP contribution < -0.4 is 4.74 Å². The van der Waals surface area contributed by atoms with Gasteiger partial charge in [-0.3, -0.25) is 4.79 Å². The summed E-state index contributed by atoms with van der Waals surface area (Å²) in [5, 5.41) is 9.68. The Labute approximate surface area is 102 Å². The molecule has 1 aromatic rings. The summed E-state index contributed by atoms with van der Waals surface area (Å²) in [5.41, 5.74) is 0.523. The second kappa shape index (κ2) is 6.40. The van der Waals surface area contributed by atoms with Crippen molar-refractivity contribution in [3.8, 4) is 5.75 Å². The number of carbonyl (C=O) groups is 1. The zero-order valence-corrected chi connectivity index (χ0v) is 10.6. The maximum absolute atomic E-state index is 11.8. The minimum atomic E-state index is -0.933. The monoisotopic (exact) mass is 236 g/mol. The van der Waals surface area contributed by atoms with Gasteiger partial charge in [-0.1, -0.05) is 20.8 Å². The molecule has 1 aromatic carbocycles. The van der Waals surface area contributed by atoms with Crippen LogP contribution in [0.2, 0.25) is 0 Å². The highest BCUT2D eigenvalue weighted by atomic mass is 16.5. The molecule has 0 aromatic heterocycles. The number of hydrogen-bond donors (Lipinski definition) is 1. The van der Waals surface area contributed by atoms with Gasteiger partial charge in [-0.05, 0) is 36.6 Å². The highest BCUT2D eigenvalue weighted by Gasteiger charge is 2.20. The van der Waals surface area contributed by atoms with Crippen LogP contribution in [0.5, 0.6) is 5.75 Å². The van der Waals surface area contributed by atoms with Crippen LogP contribution in [0.3, 0.4) is 0 Å². The van der Waals surface area contributed by atoms with Crippen molar-refractivity contribution in [2.24, 2.45) is 5.92 Å². The molecular weight excluding hydrogens is 216 g/mol. The van der Waals surface area contributed by atoms with Gasteiger partial charge in [-0.15, -0.1) is 0 Å². The van der Waals surface area contributed by atoms with E-state index in [4.69, 9.17) is 4.74 Å². The number of ether oxygens (including phenoxy) is 1. The second-order valence-corrected chi connectivity index (χ2v) is 4.43. The van der Waals surface area contributed by atoms with Gasteiger partial charge in [0.2, 0.25) is 0 Å². The summed E-state index contributed by atoms with van der Waals surface area (Å²) in [6.07, 6.45) is 0.0182. The van der Waals surface area contributed by atoms with E-state index in [2.05, 4.69) is 0 Å². The van der Waals surface area contributed by atoms with Crippen molar-refractivity contribution < 1.29 is 14.6 Å². The van der Waals surface area contributed by atoms with Crippen LogP contribution in [0.15, 0.2) is 24.3 Å². The molecule has 3 nitrogen and oxygen atoms in total. The first-order valence-electron chi connectivity index (χ1n) is 6.01. The first-order valence-corrected chi connectivity index (χ1v) is 6.01. The van der Waals surface area contributed by atoms with Crippen molar-refractivity contribution in [3.05, 3.63) is 29.8 Å². The topological polar surface area (TPSA) is 46.5 Å². The van der Waals surface area contributed by atoms with Gasteiger partial charge >= 0.3 is 0 Å². The fraction of sp³-hybridized carbons (Fsp3) is 0.500. The van der Waals surface area contributed by atoms with Crippen LogP contribution in [0, 0.1) is 5.92 Å².